The van der Waals surface area contributed by atoms with Gasteiger partial charge in [0.25, 0.3) is 5.91 Å². The van der Waals surface area contributed by atoms with Crippen molar-refractivity contribution in [1.29, 1.82) is 0 Å². The molecule has 0 saturated carbocycles. The number of carbonyl (C=O) groups excluding carboxylic acids is 1. The zero-order valence-electron chi connectivity index (χ0n) is 10.9. The van der Waals surface area contributed by atoms with Gasteiger partial charge in [0.15, 0.2) is 0 Å². The van der Waals surface area contributed by atoms with Crippen molar-refractivity contribution < 1.29 is 4.79 Å². The number of fused-ring (bicyclic) bond motifs is 1. The van der Waals surface area contributed by atoms with E-state index in [4.69, 9.17) is 0 Å². The summed E-state index contributed by atoms with van der Waals surface area (Å²) in [6.07, 6.45) is 4.22. The SMILES string of the molecule is CCCn1cccc1C(=O)N1CC[C@H]2CNC[C@H]21. The normalized spacial score (nSPS) is 26.6. The first kappa shape index (κ1) is 11.8. The van der Waals surface area contributed by atoms with Crippen molar-refractivity contribution in [1.82, 2.24) is 14.8 Å². The van der Waals surface area contributed by atoms with Gasteiger partial charge in [-0.25, -0.2) is 0 Å². The molecule has 0 aliphatic carbocycles. The van der Waals surface area contributed by atoms with E-state index >= 15 is 0 Å². The number of amides is 1. The lowest BCUT2D eigenvalue weighted by Gasteiger charge is -2.24. The highest BCUT2D eigenvalue weighted by molar-refractivity contribution is 5.93. The number of nitrogens with one attached hydrogen (secondary N) is 1. The van der Waals surface area contributed by atoms with Gasteiger partial charge in [0.2, 0.25) is 0 Å². The van der Waals surface area contributed by atoms with E-state index in [-0.39, 0.29) is 5.91 Å². The van der Waals surface area contributed by atoms with Crippen LogP contribution in [0.15, 0.2) is 18.3 Å². The number of nitrogens with zero attached hydrogens (tertiary/aromatic N) is 2. The maximum absolute atomic E-state index is 12.6. The van der Waals surface area contributed by atoms with Gasteiger partial charge in [-0.05, 0) is 30.9 Å². The van der Waals surface area contributed by atoms with Crippen LogP contribution in [0.4, 0.5) is 0 Å². The number of hydrogen-bond donors (Lipinski definition) is 1. The molecule has 1 amide bonds. The minimum absolute atomic E-state index is 0.213. The average molecular weight is 247 g/mol. The molecule has 3 rings (SSSR count). The number of aromatic nitrogens is 1. The lowest BCUT2D eigenvalue weighted by Crippen LogP contribution is -2.39. The van der Waals surface area contributed by atoms with E-state index in [1.807, 2.05) is 18.3 Å². The smallest absolute Gasteiger partial charge is 0.270 e. The van der Waals surface area contributed by atoms with Gasteiger partial charge in [-0.3, -0.25) is 4.79 Å². The summed E-state index contributed by atoms with van der Waals surface area (Å²) in [6, 6.07) is 4.35. The first-order valence-electron chi connectivity index (χ1n) is 6.98. The zero-order valence-corrected chi connectivity index (χ0v) is 10.9. The Morgan fingerprint density at radius 1 is 1.50 bits per heavy atom. The van der Waals surface area contributed by atoms with Crippen molar-refractivity contribution in [3.8, 4) is 0 Å². The Hall–Kier alpha value is -1.29. The van der Waals surface area contributed by atoms with Gasteiger partial charge in [0.05, 0.1) is 0 Å². The molecule has 0 spiro atoms. The molecule has 1 aromatic heterocycles. The first-order valence-corrected chi connectivity index (χ1v) is 6.98. The minimum Gasteiger partial charge on any atom is -0.344 e. The number of carbonyl (C=O) groups is 1. The zero-order chi connectivity index (χ0) is 12.5. The monoisotopic (exact) mass is 247 g/mol. The van der Waals surface area contributed by atoms with E-state index in [0.29, 0.717) is 12.0 Å². The number of rotatable bonds is 3. The van der Waals surface area contributed by atoms with E-state index in [1.165, 1.54) is 0 Å². The van der Waals surface area contributed by atoms with Crippen molar-refractivity contribution in [3.05, 3.63) is 24.0 Å². The second kappa shape index (κ2) is 4.76. The van der Waals surface area contributed by atoms with Gasteiger partial charge in [0, 0.05) is 38.4 Å². The molecule has 2 atom stereocenters. The van der Waals surface area contributed by atoms with E-state index in [1.54, 1.807) is 0 Å². The van der Waals surface area contributed by atoms with Crippen LogP contribution in [0.2, 0.25) is 0 Å². The molecule has 1 aromatic rings. The second-order valence-corrected chi connectivity index (χ2v) is 5.36. The molecule has 2 saturated heterocycles. The van der Waals surface area contributed by atoms with Gasteiger partial charge in [-0.2, -0.15) is 0 Å². The fourth-order valence-corrected chi connectivity index (χ4v) is 3.29. The molecule has 98 valence electrons. The predicted molar refractivity (Wildman–Crippen MR) is 70.5 cm³/mol. The second-order valence-electron chi connectivity index (χ2n) is 5.36. The van der Waals surface area contributed by atoms with Crippen LogP contribution in [0.3, 0.4) is 0 Å². The lowest BCUT2D eigenvalue weighted by molar-refractivity contribution is 0.0726. The van der Waals surface area contributed by atoms with Crippen LogP contribution in [0.1, 0.15) is 30.3 Å². The number of likely N-dealkylation sites (tertiary alicyclic amines) is 1. The van der Waals surface area contributed by atoms with Crippen LogP contribution in [0.5, 0.6) is 0 Å². The Labute approximate surface area is 108 Å². The fraction of sp³-hybridized carbons (Fsp3) is 0.643. The summed E-state index contributed by atoms with van der Waals surface area (Å²) in [5.41, 5.74) is 0.851. The molecule has 2 fully saturated rings. The number of aryl methyl sites for hydroxylation is 1. The third-order valence-corrected chi connectivity index (χ3v) is 4.22. The quantitative estimate of drug-likeness (QED) is 0.875. The molecular formula is C14H21N3O. The van der Waals surface area contributed by atoms with Crippen LogP contribution >= 0.6 is 0 Å². The molecule has 18 heavy (non-hydrogen) atoms. The summed E-state index contributed by atoms with van der Waals surface area (Å²) >= 11 is 0. The summed E-state index contributed by atoms with van der Waals surface area (Å²) in [7, 11) is 0. The third-order valence-electron chi connectivity index (χ3n) is 4.22. The van der Waals surface area contributed by atoms with Crippen molar-refractivity contribution in [3.63, 3.8) is 0 Å². The summed E-state index contributed by atoms with van der Waals surface area (Å²) in [5, 5.41) is 3.39. The van der Waals surface area contributed by atoms with Crippen LogP contribution in [0, 0.1) is 5.92 Å². The summed E-state index contributed by atoms with van der Waals surface area (Å²) in [6.45, 7) is 6.03. The predicted octanol–water partition coefficient (Wildman–Crippen LogP) is 1.33. The highest BCUT2D eigenvalue weighted by Gasteiger charge is 2.40. The average Bonchev–Trinajstić information content (AvgIpc) is 3.03. The minimum atomic E-state index is 0.213. The fourth-order valence-electron chi connectivity index (χ4n) is 3.29. The van der Waals surface area contributed by atoms with Gasteiger partial charge >= 0.3 is 0 Å². The summed E-state index contributed by atoms with van der Waals surface area (Å²) in [5.74, 6) is 0.883. The molecular weight excluding hydrogens is 226 g/mol. The summed E-state index contributed by atoms with van der Waals surface area (Å²) < 4.78 is 2.08. The molecule has 2 aliphatic rings. The largest absolute Gasteiger partial charge is 0.344 e. The summed E-state index contributed by atoms with van der Waals surface area (Å²) in [4.78, 5) is 14.7. The van der Waals surface area contributed by atoms with E-state index < -0.39 is 0 Å². The van der Waals surface area contributed by atoms with E-state index in [9.17, 15) is 4.79 Å². The molecule has 4 nitrogen and oxygen atoms in total. The first-order chi connectivity index (χ1) is 8.81. The maximum atomic E-state index is 12.6. The van der Waals surface area contributed by atoms with Crippen molar-refractivity contribution in [2.45, 2.75) is 32.4 Å². The van der Waals surface area contributed by atoms with Gasteiger partial charge in [0.1, 0.15) is 5.69 Å². The molecule has 0 aromatic carbocycles. The van der Waals surface area contributed by atoms with Gasteiger partial charge in [-0.15, -0.1) is 0 Å². The molecule has 0 unspecified atom stereocenters. The maximum Gasteiger partial charge on any atom is 0.270 e. The molecule has 4 heteroatoms. The Balaban J connectivity index is 1.79. The van der Waals surface area contributed by atoms with Crippen molar-refractivity contribution in [2.75, 3.05) is 19.6 Å². The lowest BCUT2D eigenvalue weighted by atomic mass is 10.1. The van der Waals surface area contributed by atoms with Crippen molar-refractivity contribution >= 4 is 5.91 Å². The highest BCUT2D eigenvalue weighted by atomic mass is 16.2. The highest BCUT2D eigenvalue weighted by Crippen LogP contribution is 2.28. The van der Waals surface area contributed by atoms with Crippen LogP contribution in [-0.2, 0) is 6.54 Å². The molecule has 3 heterocycles. The Bertz CT molecular complexity index is 440. The van der Waals surface area contributed by atoms with Crippen LogP contribution in [0.25, 0.3) is 0 Å². The van der Waals surface area contributed by atoms with Gasteiger partial charge < -0.3 is 14.8 Å². The number of hydrogen-bond acceptors (Lipinski definition) is 2. The Kier molecular flexibility index (Phi) is 3.12. The van der Waals surface area contributed by atoms with E-state index in [0.717, 1.165) is 44.7 Å². The molecule has 0 radical (unpaired) electrons. The van der Waals surface area contributed by atoms with Crippen LogP contribution in [-0.4, -0.2) is 41.1 Å². The van der Waals surface area contributed by atoms with Crippen molar-refractivity contribution in [2.24, 2.45) is 5.92 Å². The van der Waals surface area contributed by atoms with Gasteiger partial charge in [-0.1, -0.05) is 6.92 Å². The molecule has 2 aliphatic heterocycles. The molecule has 0 bridgehead atoms. The third kappa shape index (κ3) is 1.85. The van der Waals surface area contributed by atoms with Crippen LogP contribution < -0.4 is 5.32 Å². The molecule has 1 N–H and O–H groups in total. The van der Waals surface area contributed by atoms with E-state index in [2.05, 4.69) is 21.7 Å². The topological polar surface area (TPSA) is 37.3 Å². The Morgan fingerprint density at radius 3 is 3.22 bits per heavy atom. The Morgan fingerprint density at radius 2 is 2.39 bits per heavy atom. The standard InChI is InChI=1S/C14H21N3O/c1-2-6-16-7-3-4-12(16)14(18)17-8-5-11-9-15-10-13(11)17/h3-4,7,11,13,15H,2,5-6,8-10H2,1H3/t11-,13+/m0/s1.